The number of fused-ring (bicyclic) bond motifs is 3. The molecule has 0 nitrogen and oxygen atoms in total. The standard InChI is InChI=1S/C13H9.C13H10.C9H13.Zr/c1-3-7-12-10(5-1)9-11-6-2-4-8-13(11)12;1-3-7-12(8-4-1)11-13-9-5-2-6-10-13;1-9(2,3)8-6-4-5-7-8;/h1-9H;1-10H;4,6H,5H2,1-3H3;. The van der Waals surface area contributed by atoms with Crippen molar-refractivity contribution in [3.8, 4) is 11.1 Å². The van der Waals surface area contributed by atoms with Crippen LogP contribution in [0.1, 0.15) is 53.1 Å². The fourth-order valence-corrected chi connectivity index (χ4v) is 16.2. The van der Waals surface area contributed by atoms with Crippen molar-refractivity contribution in [1.82, 2.24) is 0 Å². The average Bonchev–Trinajstić information content (AvgIpc) is 3.52. The maximum atomic E-state index is 2.44. The molecule has 0 radical (unpaired) electrons. The molecule has 0 heterocycles. The summed E-state index contributed by atoms with van der Waals surface area (Å²) in [5.41, 5.74) is 10.4. The Balaban J connectivity index is 1.77. The third kappa shape index (κ3) is 4.08. The van der Waals surface area contributed by atoms with E-state index in [0.29, 0.717) is 3.63 Å². The molecule has 0 unspecified atom stereocenters. The molecule has 4 aromatic carbocycles. The molecular formula is C35H32Zr. The molecule has 2 aliphatic carbocycles. The number of hydrogen-bond acceptors (Lipinski definition) is 0. The Kier molecular flexibility index (Phi) is 6.22. The average molecular weight is 544 g/mol. The normalized spacial score (nSPS) is 14.6. The Hall–Kier alpha value is -2.89. The van der Waals surface area contributed by atoms with E-state index < -0.39 is 21.3 Å². The predicted octanol–water partition coefficient (Wildman–Crippen LogP) is 8.90. The third-order valence-electron chi connectivity index (χ3n) is 7.58. The molecule has 6 rings (SSSR count). The van der Waals surface area contributed by atoms with Gasteiger partial charge in [-0.25, -0.2) is 0 Å². The van der Waals surface area contributed by atoms with Crippen molar-refractivity contribution in [1.29, 1.82) is 0 Å². The van der Waals surface area contributed by atoms with E-state index in [1.165, 1.54) is 33.4 Å². The van der Waals surface area contributed by atoms with Crippen LogP contribution in [0.4, 0.5) is 0 Å². The topological polar surface area (TPSA) is 0 Å². The van der Waals surface area contributed by atoms with E-state index in [2.05, 4.69) is 142 Å². The van der Waals surface area contributed by atoms with Crippen LogP contribution in [0.5, 0.6) is 0 Å². The van der Waals surface area contributed by atoms with Gasteiger partial charge in [0.15, 0.2) is 0 Å². The summed E-state index contributed by atoms with van der Waals surface area (Å²) in [7, 11) is 0. The molecule has 1 heteroatoms. The Morgan fingerprint density at radius 1 is 0.639 bits per heavy atom. The summed E-state index contributed by atoms with van der Waals surface area (Å²) >= 11 is -2.65. The molecule has 0 bridgehead atoms. The zero-order valence-electron chi connectivity index (χ0n) is 21.3. The molecule has 176 valence electrons. The number of hydrogen-bond donors (Lipinski definition) is 0. The van der Waals surface area contributed by atoms with E-state index in [-0.39, 0.29) is 5.41 Å². The summed E-state index contributed by atoms with van der Waals surface area (Å²) in [5, 5.41) is 0. The first-order chi connectivity index (χ1) is 17.5. The first kappa shape index (κ1) is 23.5. The van der Waals surface area contributed by atoms with Gasteiger partial charge in [-0.1, -0.05) is 0 Å². The van der Waals surface area contributed by atoms with Gasteiger partial charge in [-0.2, -0.15) is 0 Å². The van der Waals surface area contributed by atoms with Crippen LogP contribution < -0.4 is 0 Å². The Bertz CT molecular complexity index is 1420. The first-order valence-corrected chi connectivity index (χ1v) is 16.9. The first-order valence-electron chi connectivity index (χ1n) is 13.0. The van der Waals surface area contributed by atoms with Crippen molar-refractivity contribution in [2.45, 2.75) is 30.8 Å². The molecule has 0 fully saturated rings. The van der Waals surface area contributed by atoms with Crippen LogP contribution in [0.25, 0.3) is 11.1 Å². The maximum absolute atomic E-state index is 2.65. The Labute approximate surface area is 223 Å². The van der Waals surface area contributed by atoms with Gasteiger partial charge in [-0.3, -0.25) is 0 Å². The molecule has 0 amide bonds. The number of benzene rings is 4. The number of rotatable bonds is 4. The predicted molar refractivity (Wildman–Crippen MR) is 150 cm³/mol. The molecule has 0 saturated carbocycles. The summed E-state index contributed by atoms with van der Waals surface area (Å²) in [6, 6.07) is 40.9. The molecule has 36 heavy (non-hydrogen) atoms. The third-order valence-corrected chi connectivity index (χ3v) is 16.0. The van der Waals surface area contributed by atoms with Crippen molar-refractivity contribution >= 4 is 3.21 Å². The van der Waals surface area contributed by atoms with Gasteiger partial charge < -0.3 is 0 Å². The van der Waals surface area contributed by atoms with Crippen LogP contribution in [0.15, 0.2) is 130 Å². The van der Waals surface area contributed by atoms with Gasteiger partial charge in [0.25, 0.3) is 0 Å². The van der Waals surface area contributed by atoms with Crippen LogP contribution in [0.3, 0.4) is 0 Å². The molecule has 0 aliphatic heterocycles. The molecule has 0 spiro atoms. The van der Waals surface area contributed by atoms with Gasteiger partial charge in [0.2, 0.25) is 0 Å². The molecule has 0 aromatic heterocycles. The zero-order valence-corrected chi connectivity index (χ0v) is 23.8. The molecule has 0 saturated heterocycles. The van der Waals surface area contributed by atoms with E-state index >= 15 is 0 Å². The molecule has 4 aromatic rings. The fourth-order valence-electron chi connectivity index (χ4n) is 6.09. The number of allylic oxidation sites excluding steroid dienone is 4. The summed E-state index contributed by atoms with van der Waals surface area (Å²) in [4.78, 5) is 0. The monoisotopic (exact) mass is 542 g/mol. The van der Waals surface area contributed by atoms with Crippen molar-refractivity contribution in [2.75, 3.05) is 0 Å². The Morgan fingerprint density at radius 2 is 1.11 bits per heavy atom. The second kappa shape index (κ2) is 9.53. The second-order valence-electron chi connectivity index (χ2n) is 10.9. The van der Waals surface area contributed by atoms with Crippen molar-refractivity contribution in [3.05, 3.63) is 152 Å². The summed E-state index contributed by atoms with van der Waals surface area (Å²) < 4.78 is 3.84. The van der Waals surface area contributed by atoms with Gasteiger partial charge in [-0.05, 0) is 0 Å². The molecular weight excluding hydrogens is 512 g/mol. The van der Waals surface area contributed by atoms with E-state index in [1.54, 1.807) is 12.1 Å². The SMILES string of the molecule is CC(C)(C)C1=[C]([Zr](=[C](c2ccccc2)c2ccccc2)[CH]2c3ccccc3-c3ccccc32)CC=C1. The van der Waals surface area contributed by atoms with E-state index in [9.17, 15) is 0 Å². The van der Waals surface area contributed by atoms with Crippen molar-refractivity contribution in [3.63, 3.8) is 0 Å². The van der Waals surface area contributed by atoms with Crippen LogP contribution in [-0.2, 0) is 21.3 Å². The van der Waals surface area contributed by atoms with Crippen molar-refractivity contribution < 1.29 is 21.3 Å². The van der Waals surface area contributed by atoms with Crippen molar-refractivity contribution in [2.24, 2.45) is 5.41 Å². The van der Waals surface area contributed by atoms with Crippen LogP contribution in [0, 0.1) is 5.41 Å². The summed E-state index contributed by atoms with van der Waals surface area (Å²) in [6.07, 6.45) is 5.96. The molecule has 0 N–H and O–H groups in total. The molecule has 0 atom stereocenters. The van der Waals surface area contributed by atoms with E-state index in [1.807, 2.05) is 0 Å². The van der Waals surface area contributed by atoms with Crippen LogP contribution in [-0.4, -0.2) is 3.21 Å². The van der Waals surface area contributed by atoms with Gasteiger partial charge in [0.1, 0.15) is 0 Å². The van der Waals surface area contributed by atoms with E-state index in [4.69, 9.17) is 0 Å². The van der Waals surface area contributed by atoms with Gasteiger partial charge >= 0.3 is 224 Å². The Morgan fingerprint density at radius 3 is 1.61 bits per heavy atom. The molecule has 2 aliphatic rings. The second-order valence-corrected chi connectivity index (χ2v) is 17.0. The fraction of sp³-hybridized carbons (Fsp3) is 0.171. The van der Waals surface area contributed by atoms with Gasteiger partial charge in [-0.15, -0.1) is 0 Å². The summed E-state index contributed by atoms with van der Waals surface area (Å²) in [6.45, 7) is 7.17. The van der Waals surface area contributed by atoms with Gasteiger partial charge in [0.05, 0.1) is 0 Å². The summed E-state index contributed by atoms with van der Waals surface area (Å²) in [5.74, 6) is 0. The van der Waals surface area contributed by atoms with Crippen LogP contribution >= 0.6 is 0 Å². The van der Waals surface area contributed by atoms with Crippen LogP contribution in [0.2, 0.25) is 0 Å². The zero-order chi connectivity index (χ0) is 24.7. The van der Waals surface area contributed by atoms with Gasteiger partial charge in [0, 0.05) is 0 Å². The quantitative estimate of drug-likeness (QED) is 0.241. The van der Waals surface area contributed by atoms with E-state index in [0.717, 1.165) is 6.42 Å². The minimum absolute atomic E-state index is 0.129. The minimum atomic E-state index is -2.65.